The van der Waals surface area contributed by atoms with Crippen LogP contribution in [0.4, 0.5) is 0 Å². The second-order valence-corrected chi connectivity index (χ2v) is 2.29. The van der Waals surface area contributed by atoms with Crippen LogP contribution in [-0.4, -0.2) is 19.3 Å². The van der Waals surface area contributed by atoms with Gasteiger partial charge in [-0.1, -0.05) is 25.7 Å². The van der Waals surface area contributed by atoms with Crippen LogP contribution in [0.1, 0.15) is 13.3 Å². The van der Waals surface area contributed by atoms with Gasteiger partial charge in [0.15, 0.2) is 0 Å². The molecule has 0 aromatic heterocycles. The summed E-state index contributed by atoms with van der Waals surface area (Å²) in [6.07, 6.45) is 4.51. The molecule has 0 unspecified atom stereocenters. The second-order valence-electron chi connectivity index (χ2n) is 2.29. The molecular weight excluding hydrogens is 136 g/mol. The van der Waals surface area contributed by atoms with Gasteiger partial charge < -0.3 is 10.7 Å². The first-order chi connectivity index (χ1) is 5.26. The lowest BCUT2D eigenvalue weighted by atomic mass is 10.1. The van der Waals surface area contributed by atoms with Gasteiger partial charge in [-0.3, -0.25) is 0 Å². The minimum atomic E-state index is 0.632. The normalized spacial score (nSPS) is 11.3. The standard InChI is InChI=1S/C9H16N2/c1-4-6-8(5-2)9(10)7-11-3/h4,6,10-11H,1,5,7H2,2-3H3/b8-6+,10-9?. The van der Waals surface area contributed by atoms with Gasteiger partial charge in [0.25, 0.3) is 0 Å². The Balaban J connectivity index is 4.13. The quantitative estimate of drug-likeness (QED) is 0.457. The maximum absolute atomic E-state index is 7.57. The van der Waals surface area contributed by atoms with Gasteiger partial charge in [-0.2, -0.15) is 0 Å². The smallest absolute Gasteiger partial charge is 0.0483 e. The fourth-order valence-corrected chi connectivity index (χ4v) is 0.864. The molecule has 0 amide bonds. The molecule has 0 atom stereocenters. The van der Waals surface area contributed by atoms with Crippen LogP contribution < -0.4 is 5.32 Å². The van der Waals surface area contributed by atoms with Crippen molar-refractivity contribution in [2.24, 2.45) is 0 Å². The summed E-state index contributed by atoms with van der Waals surface area (Å²) in [5, 5.41) is 10.5. The Labute approximate surface area is 68.5 Å². The molecule has 0 aromatic carbocycles. The first kappa shape index (κ1) is 10.1. The minimum absolute atomic E-state index is 0.632. The van der Waals surface area contributed by atoms with E-state index < -0.39 is 0 Å². The first-order valence-electron chi connectivity index (χ1n) is 3.80. The summed E-state index contributed by atoms with van der Waals surface area (Å²) in [7, 11) is 1.84. The average molecular weight is 152 g/mol. The summed E-state index contributed by atoms with van der Waals surface area (Å²) in [6.45, 7) is 6.27. The highest BCUT2D eigenvalue weighted by atomic mass is 14.8. The van der Waals surface area contributed by atoms with Crippen molar-refractivity contribution in [2.45, 2.75) is 13.3 Å². The zero-order valence-corrected chi connectivity index (χ0v) is 7.28. The lowest BCUT2D eigenvalue weighted by molar-refractivity contribution is 0.933. The molecule has 11 heavy (non-hydrogen) atoms. The Bertz CT molecular complexity index is 168. The van der Waals surface area contributed by atoms with E-state index in [1.807, 2.05) is 20.0 Å². The highest BCUT2D eigenvalue weighted by molar-refractivity contribution is 5.99. The lowest BCUT2D eigenvalue weighted by Crippen LogP contribution is -2.19. The largest absolute Gasteiger partial charge is 0.314 e. The predicted molar refractivity (Wildman–Crippen MR) is 50.2 cm³/mol. The first-order valence-corrected chi connectivity index (χ1v) is 3.80. The molecule has 0 aromatic rings. The number of rotatable bonds is 5. The fourth-order valence-electron chi connectivity index (χ4n) is 0.864. The van der Waals surface area contributed by atoms with Gasteiger partial charge in [0.2, 0.25) is 0 Å². The third-order valence-corrected chi connectivity index (χ3v) is 1.44. The van der Waals surface area contributed by atoms with Crippen LogP contribution in [-0.2, 0) is 0 Å². The topological polar surface area (TPSA) is 35.9 Å². The predicted octanol–water partition coefficient (Wildman–Crippen LogP) is 1.75. The number of hydrogen-bond acceptors (Lipinski definition) is 2. The number of allylic oxidation sites excluding steroid dienone is 2. The van der Waals surface area contributed by atoms with Gasteiger partial charge >= 0.3 is 0 Å². The van der Waals surface area contributed by atoms with Gasteiger partial charge in [0.05, 0.1) is 0 Å². The fraction of sp³-hybridized carbons (Fsp3) is 0.444. The van der Waals surface area contributed by atoms with E-state index in [9.17, 15) is 0 Å². The van der Waals surface area contributed by atoms with Gasteiger partial charge in [-0.25, -0.2) is 0 Å². The average Bonchev–Trinajstić information content (AvgIpc) is 2.00. The molecule has 0 saturated heterocycles. The Hall–Kier alpha value is -0.890. The molecule has 0 heterocycles. The van der Waals surface area contributed by atoms with Crippen molar-refractivity contribution in [3.05, 3.63) is 24.3 Å². The van der Waals surface area contributed by atoms with Crippen molar-refractivity contribution in [3.63, 3.8) is 0 Å². The van der Waals surface area contributed by atoms with Gasteiger partial charge in [-0.05, 0) is 19.0 Å². The van der Waals surface area contributed by atoms with Crippen molar-refractivity contribution < 1.29 is 0 Å². The van der Waals surface area contributed by atoms with Crippen LogP contribution in [0.15, 0.2) is 24.3 Å². The van der Waals surface area contributed by atoms with E-state index in [0.29, 0.717) is 12.3 Å². The van der Waals surface area contributed by atoms with E-state index in [4.69, 9.17) is 5.41 Å². The molecule has 2 nitrogen and oxygen atoms in total. The number of nitrogens with one attached hydrogen (secondary N) is 2. The van der Waals surface area contributed by atoms with Crippen LogP contribution in [0, 0.1) is 5.41 Å². The Morgan fingerprint density at radius 2 is 2.27 bits per heavy atom. The van der Waals surface area contributed by atoms with Gasteiger partial charge in [0, 0.05) is 12.3 Å². The van der Waals surface area contributed by atoms with Gasteiger partial charge in [0.1, 0.15) is 0 Å². The third kappa shape index (κ3) is 3.73. The second kappa shape index (κ2) is 5.86. The summed E-state index contributed by atoms with van der Waals surface area (Å²) in [5.74, 6) is 0. The molecular formula is C9H16N2. The lowest BCUT2D eigenvalue weighted by Gasteiger charge is -2.04. The molecule has 2 heteroatoms. The molecule has 0 aliphatic rings. The zero-order chi connectivity index (χ0) is 8.69. The maximum atomic E-state index is 7.57. The number of hydrogen-bond donors (Lipinski definition) is 2. The van der Waals surface area contributed by atoms with Crippen molar-refractivity contribution in [1.29, 1.82) is 5.41 Å². The summed E-state index contributed by atoms with van der Waals surface area (Å²) in [6, 6.07) is 0. The van der Waals surface area contributed by atoms with E-state index in [-0.39, 0.29) is 0 Å². The summed E-state index contributed by atoms with van der Waals surface area (Å²) < 4.78 is 0. The van der Waals surface area contributed by atoms with Crippen LogP contribution in [0.5, 0.6) is 0 Å². The monoisotopic (exact) mass is 152 g/mol. The molecule has 2 N–H and O–H groups in total. The Morgan fingerprint density at radius 3 is 2.64 bits per heavy atom. The highest BCUT2D eigenvalue weighted by Crippen LogP contribution is 2.01. The zero-order valence-electron chi connectivity index (χ0n) is 7.28. The summed E-state index contributed by atoms with van der Waals surface area (Å²) in [5.41, 5.74) is 1.70. The highest BCUT2D eigenvalue weighted by Gasteiger charge is 1.98. The van der Waals surface area contributed by atoms with E-state index in [1.165, 1.54) is 0 Å². The molecule has 0 radical (unpaired) electrons. The molecule has 62 valence electrons. The summed E-state index contributed by atoms with van der Waals surface area (Å²) in [4.78, 5) is 0. The maximum Gasteiger partial charge on any atom is 0.0483 e. The van der Waals surface area contributed by atoms with Crippen molar-refractivity contribution in [3.8, 4) is 0 Å². The van der Waals surface area contributed by atoms with Crippen LogP contribution in [0.2, 0.25) is 0 Å². The van der Waals surface area contributed by atoms with Crippen molar-refractivity contribution in [1.82, 2.24) is 5.32 Å². The molecule has 0 bridgehead atoms. The molecule has 0 fully saturated rings. The van der Waals surface area contributed by atoms with E-state index in [0.717, 1.165) is 12.0 Å². The van der Waals surface area contributed by atoms with Crippen molar-refractivity contribution in [2.75, 3.05) is 13.6 Å². The minimum Gasteiger partial charge on any atom is -0.314 e. The van der Waals surface area contributed by atoms with E-state index in [1.54, 1.807) is 6.08 Å². The van der Waals surface area contributed by atoms with E-state index >= 15 is 0 Å². The Morgan fingerprint density at radius 1 is 1.64 bits per heavy atom. The molecule has 0 aliphatic heterocycles. The SMILES string of the molecule is C=C/C=C(\CC)C(=N)CNC. The van der Waals surface area contributed by atoms with Crippen LogP contribution in [0.3, 0.4) is 0 Å². The van der Waals surface area contributed by atoms with E-state index in [2.05, 4.69) is 11.9 Å². The van der Waals surface area contributed by atoms with Gasteiger partial charge in [-0.15, -0.1) is 0 Å². The Kier molecular flexibility index (Phi) is 5.39. The molecule has 0 saturated carbocycles. The van der Waals surface area contributed by atoms with Crippen molar-refractivity contribution >= 4 is 5.71 Å². The van der Waals surface area contributed by atoms with Crippen LogP contribution in [0.25, 0.3) is 0 Å². The molecule has 0 spiro atoms. The summed E-state index contributed by atoms with van der Waals surface area (Å²) >= 11 is 0. The molecule has 0 rings (SSSR count). The third-order valence-electron chi connectivity index (χ3n) is 1.44. The molecule has 0 aliphatic carbocycles. The van der Waals surface area contributed by atoms with Crippen LogP contribution >= 0.6 is 0 Å².